The van der Waals surface area contributed by atoms with Crippen LogP contribution < -0.4 is 5.32 Å². The summed E-state index contributed by atoms with van der Waals surface area (Å²) in [6, 6.07) is 27.1. The highest BCUT2D eigenvalue weighted by atomic mass is 35.5. The summed E-state index contributed by atoms with van der Waals surface area (Å²) in [6.45, 7) is 2.29. The number of aromatic nitrogens is 3. The zero-order chi connectivity index (χ0) is 23.5. The largest absolute Gasteiger partial charge is 0.346 e. The average Bonchev–Trinajstić information content (AvgIpc) is 3.50. The van der Waals surface area contributed by atoms with Crippen molar-refractivity contribution < 1.29 is 4.79 Å². The second-order valence-electron chi connectivity index (χ2n) is 7.80. The number of amides is 1. The third-order valence-electron chi connectivity index (χ3n) is 5.35. The van der Waals surface area contributed by atoms with E-state index in [1.54, 1.807) is 11.3 Å². The molecule has 2 aromatic heterocycles. The first-order valence-electron chi connectivity index (χ1n) is 10.8. The molecule has 0 aliphatic carbocycles. The van der Waals surface area contributed by atoms with Crippen molar-refractivity contribution in [1.82, 2.24) is 20.1 Å². The van der Waals surface area contributed by atoms with Crippen molar-refractivity contribution in [3.05, 3.63) is 112 Å². The van der Waals surface area contributed by atoms with Crippen molar-refractivity contribution in [3.63, 3.8) is 0 Å². The number of carbonyl (C=O) groups excluding carboxylic acids is 1. The van der Waals surface area contributed by atoms with E-state index < -0.39 is 0 Å². The predicted octanol–water partition coefficient (Wildman–Crippen LogP) is 6.55. The molecule has 0 saturated carbocycles. The van der Waals surface area contributed by atoms with Crippen LogP contribution in [-0.2, 0) is 6.54 Å². The molecule has 5 rings (SSSR count). The summed E-state index contributed by atoms with van der Waals surface area (Å²) in [4.78, 5) is 17.9. The fourth-order valence-electron chi connectivity index (χ4n) is 3.74. The highest BCUT2D eigenvalue weighted by molar-refractivity contribution is 7.13. The zero-order valence-corrected chi connectivity index (χ0v) is 20.0. The third-order valence-corrected chi connectivity index (χ3v) is 6.55. The lowest BCUT2D eigenvalue weighted by atomic mass is 10.0. The SMILES string of the molecule is Cc1cc(-c2ccccc2C(=O)NCc2csc(-c3ccc(Cl)cc3)n2)n(-c2ccccc2)n1. The minimum Gasteiger partial charge on any atom is -0.346 e. The predicted molar refractivity (Wildman–Crippen MR) is 137 cm³/mol. The molecule has 0 aliphatic rings. The smallest absolute Gasteiger partial charge is 0.252 e. The molecular formula is C27H21ClN4OS. The molecule has 2 heterocycles. The number of benzene rings is 3. The molecule has 0 unspecified atom stereocenters. The van der Waals surface area contributed by atoms with E-state index in [2.05, 4.69) is 15.4 Å². The average molecular weight is 485 g/mol. The molecule has 1 amide bonds. The number of hydrogen-bond donors (Lipinski definition) is 1. The number of carbonyl (C=O) groups is 1. The van der Waals surface area contributed by atoms with Crippen molar-refractivity contribution in [2.45, 2.75) is 13.5 Å². The molecule has 0 aliphatic heterocycles. The molecule has 34 heavy (non-hydrogen) atoms. The fraction of sp³-hybridized carbons (Fsp3) is 0.0741. The lowest BCUT2D eigenvalue weighted by Gasteiger charge is -2.12. The maximum absolute atomic E-state index is 13.2. The summed E-state index contributed by atoms with van der Waals surface area (Å²) in [6.07, 6.45) is 0. The Morgan fingerprint density at radius 2 is 1.74 bits per heavy atom. The number of nitrogens with one attached hydrogen (secondary N) is 1. The first-order chi connectivity index (χ1) is 16.6. The summed E-state index contributed by atoms with van der Waals surface area (Å²) in [7, 11) is 0. The van der Waals surface area contributed by atoms with E-state index >= 15 is 0 Å². The van der Waals surface area contributed by atoms with E-state index in [1.165, 1.54) is 0 Å². The number of aryl methyl sites for hydroxylation is 1. The van der Waals surface area contributed by atoms with Gasteiger partial charge in [0.05, 0.1) is 29.3 Å². The molecule has 1 N–H and O–H groups in total. The van der Waals surface area contributed by atoms with Gasteiger partial charge in [-0.25, -0.2) is 9.67 Å². The quantitative estimate of drug-likeness (QED) is 0.297. The van der Waals surface area contributed by atoms with Crippen molar-refractivity contribution in [3.8, 4) is 27.5 Å². The first-order valence-corrected chi connectivity index (χ1v) is 12.0. The molecule has 0 spiro atoms. The van der Waals surface area contributed by atoms with Crippen LogP contribution in [0.4, 0.5) is 0 Å². The second kappa shape index (κ2) is 9.63. The number of thiazole rings is 1. The highest BCUT2D eigenvalue weighted by Crippen LogP contribution is 2.28. The number of halogens is 1. The lowest BCUT2D eigenvalue weighted by molar-refractivity contribution is 0.0951. The van der Waals surface area contributed by atoms with Gasteiger partial charge in [0, 0.05) is 27.1 Å². The number of rotatable bonds is 6. The molecular weight excluding hydrogens is 464 g/mol. The van der Waals surface area contributed by atoms with E-state index in [0.29, 0.717) is 17.1 Å². The molecule has 0 bridgehead atoms. The highest BCUT2D eigenvalue weighted by Gasteiger charge is 2.17. The monoisotopic (exact) mass is 484 g/mol. The summed E-state index contributed by atoms with van der Waals surface area (Å²) in [5, 5.41) is 11.2. The summed E-state index contributed by atoms with van der Waals surface area (Å²) < 4.78 is 1.88. The Bertz CT molecular complexity index is 1440. The minimum absolute atomic E-state index is 0.157. The van der Waals surface area contributed by atoms with Gasteiger partial charge in [0.1, 0.15) is 5.01 Å². The van der Waals surface area contributed by atoms with Gasteiger partial charge < -0.3 is 5.32 Å². The van der Waals surface area contributed by atoms with Crippen LogP contribution in [0.25, 0.3) is 27.5 Å². The number of hydrogen-bond acceptors (Lipinski definition) is 4. The Hall–Kier alpha value is -3.74. The number of para-hydroxylation sites is 1. The molecule has 5 aromatic rings. The van der Waals surface area contributed by atoms with Gasteiger partial charge >= 0.3 is 0 Å². The van der Waals surface area contributed by atoms with Gasteiger partial charge in [-0.05, 0) is 43.3 Å². The van der Waals surface area contributed by atoms with E-state index in [9.17, 15) is 4.79 Å². The van der Waals surface area contributed by atoms with Crippen molar-refractivity contribution >= 4 is 28.8 Å². The molecule has 3 aromatic carbocycles. The van der Waals surface area contributed by atoms with Gasteiger partial charge in [-0.1, -0.05) is 60.1 Å². The fourth-order valence-corrected chi connectivity index (χ4v) is 4.69. The van der Waals surface area contributed by atoms with Crippen LogP contribution in [0.2, 0.25) is 5.02 Å². The number of nitrogens with zero attached hydrogens (tertiary/aromatic N) is 3. The van der Waals surface area contributed by atoms with Crippen LogP contribution >= 0.6 is 22.9 Å². The van der Waals surface area contributed by atoms with Gasteiger partial charge in [0.2, 0.25) is 0 Å². The molecule has 168 valence electrons. The van der Waals surface area contributed by atoms with Crippen molar-refractivity contribution in [2.75, 3.05) is 0 Å². The Kier molecular flexibility index (Phi) is 6.25. The third kappa shape index (κ3) is 4.64. The minimum atomic E-state index is -0.157. The van der Waals surface area contributed by atoms with E-state index in [4.69, 9.17) is 11.6 Å². The molecule has 0 fully saturated rings. The first kappa shape index (κ1) is 22.1. The summed E-state index contributed by atoms with van der Waals surface area (Å²) >= 11 is 7.52. The maximum Gasteiger partial charge on any atom is 0.252 e. The van der Waals surface area contributed by atoms with Crippen LogP contribution in [0.1, 0.15) is 21.7 Å². The zero-order valence-electron chi connectivity index (χ0n) is 18.4. The second-order valence-corrected chi connectivity index (χ2v) is 9.09. The normalized spacial score (nSPS) is 10.9. The van der Waals surface area contributed by atoms with Gasteiger partial charge in [0.25, 0.3) is 5.91 Å². The summed E-state index contributed by atoms with van der Waals surface area (Å²) in [5.74, 6) is -0.157. The van der Waals surface area contributed by atoms with E-state index in [1.807, 2.05) is 102 Å². The van der Waals surface area contributed by atoms with Crippen LogP contribution in [0.15, 0.2) is 90.3 Å². The topological polar surface area (TPSA) is 59.8 Å². The molecule has 0 radical (unpaired) electrons. The molecule has 0 saturated heterocycles. The van der Waals surface area contributed by atoms with Crippen LogP contribution in [-0.4, -0.2) is 20.7 Å². The van der Waals surface area contributed by atoms with Gasteiger partial charge in [-0.2, -0.15) is 5.10 Å². The Morgan fingerprint density at radius 3 is 2.53 bits per heavy atom. The Morgan fingerprint density at radius 1 is 1.00 bits per heavy atom. The van der Waals surface area contributed by atoms with E-state index in [0.717, 1.165) is 38.9 Å². The summed E-state index contributed by atoms with van der Waals surface area (Å²) in [5.41, 5.74) is 5.92. The molecule has 0 atom stereocenters. The van der Waals surface area contributed by atoms with Crippen LogP contribution in [0, 0.1) is 6.92 Å². The maximum atomic E-state index is 13.2. The van der Waals surface area contributed by atoms with Crippen molar-refractivity contribution in [1.29, 1.82) is 0 Å². The van der Waals surface area contributed by atoms with E-state index in [-0.39, 0.29) is 5.91 Å². The Balaban J connectivity index is 1.38. The van der Waals surface area contributed by atoms with Gasteiger partial charge in [0.15, 0.2) is 0 Å². The molecule has 5 nitrogen and oxygen atoms in total. The van der Waals surface area contributed by atoms with Crippen LogP contribution in [0.3, 0.4) is 0 Å². The van der Waals surface area contributed by atoms with Crippen LogP contribution in [0.5, 0.6) is 0 Å². The van der Waals surface area contributed by atoms with Crippen molar-refractivity contribution in [2.24, 2.45) is 0 Å². The Labute approximate surface area is 206 Å². The lowest BCUT2D eigenvalue weighted by Crippen LogP contribution is -2.23. The standard InChI is InChI=1S/C27H21ClN4OS/c1-18-15-25(32(31-18)22-7-3-2-4-8-22)23-9-5-6-10-24(23)26(33)29-16-21-17-34-27(30-21)19-11-13-20(28)14-12-19/h2-15,17H,16H2,1H3,(H,29,33). The van der Waals surface area contributed by atoms with Gasteiger partial charge in [-0.3, -0.25) is 4.79 Å². The van der Waals surface area contributed by atoms with Gasteiger partial charge in [-0.15, -0.1) is 11.3 Å². The molecule has 7 heteroatoms.